The molecule has 1 saturated carbocycles. The number of nitrogens with zero attached hydrogens (tertiary/aromatic N) is 6. The van der Waals surface area contributed by atoms with Gasteiger partial charge in [0.1, 0.15) is 0 Å². The van der Waals surface area contributed by atoms with E-state index in [1.54, 1.807) is 0 Å². The molecule has 0 radical (unpaired) electrons. The Balaban J connectivity index is 1.01. The quantitative estimate of drug-likeness (QED) is 0.371. The minimum atomic E-state index is -0.858. The van der Waals surface area contributed by atoms with Crippen molar-refractivity contribution in [3.8, 4) is 0 Å². The third-order valence-corrected chi connectivity index (χ3v) is 9.18. The van der Waals surface area contributed by atoms with Gasteiger partial charge in [-0.2, -0.15) is 5.10 Å². The summed E-state index contributed by atoms with van der Waals surface area (Å²) in [5.74, 6) is 0.856. The van der Waals surface area contributed by atoms with Crippen molar-refractivity contribution in [1.29, 1.82) is 0 Å². The minimum Gasteiger partial charge on any atom is -0.385 e. The molecular weight excluding hydrogens is 536 g/mol. The summed E-state index contributed by atoms with van der Waals surface area (Å²) >= 11 is 6.05. The lowest BCUT2D eigenvalue weighted by atomic mass is 9.84. The Morgan fingerprint density at radius 3 is 2.32 bits per heavy atom. The van der Waals surface area contributed by atoms with Crippen LogP contribution in [-0.4, -0.2) is 80.7 Å². The van der Waals surface area contributed by atoms with Gasteiger partial charge in [0, 0.05) is 68.5 Å². The van der Waals surface area contributed by atoms with E-state index in [0.29, 0.717) is 37.4 Å². The van der Waals surface area contributed by atoms with Gasteiger partial charge in [0.25, 0.3) is 5.91 Å². The third-order valence-electron chi connectivity index (χ3n) is 8.93. The highest BCUT2D eigenvalue weighted by atomic mass is 35.5. The number of pyridine rings is 1. The largest absolute Gasteiger partial charge is 0.385 e. The van der Waals surface area contributed by atoms with Crippen molar-refractivity contribution < 1.29 is 9.90 Å². The van der Waals surface area contributed by atoms with Crippen LogP contribution in [0.25, 0.3) is 5.65 Å². The van der Waals surface area contributed by atoms with Crippen LogP contribution in [0.1, 0.15) is 53.0 Å². The smallest absolute Gasteiger partial charge is 0.253 e. The fourth-order valence-electron chi connectivity index (χ4n) is 6.28. The monoisotopic (exact) mass is 570 g/mol. The summed E-state index contributed by atoms with van der Waals surface area (Å²) in [4.78, 5) is 24.7. The molecule has 3 aliphatic rings. The van der Waals surface area contributed by atoms with Crippen LogP contribution in [-0.2, 0) is 12.0 Å². The molecule has 8 nitrogen and oxygen atoms in total. The average molecular weight is 571 g/mol. The minimum absolute atomic E-state index is 0.118. The average Bonchev–Trinajstić information content (AvgIpc) is 3.77. The Labute approximate surface area is 245 Å². The summed E-state index contributed by atoms with van der Waals surface area (Å²) in [6.45, 7) is 5.01. The molecular formula is C32H35ClN6O2. The van der Waals surface area contributed by atoms with Gasteiger partial charge in [-0.05, 0) is 73.2 Å². The second-order valence-electron chi connectivity index (χ2n) is 11.6. The predicted octanol–water partition coefficient (Wildman–Crippen LogP) is 4.38. The van der Waals surface area contributed by atoms with Crippen molar-refractivity contribution >= 4 is 28.8 Å². The molecule has 2 aromatic heterocycles. The Hall–Kier alpha value is -3.46. The van der Waals surface area contributed by atoms with E-state index >= 15 is 0 Å². The van der Waals surface area contributed by atoms with Crippen molar-refractivity contribution in [1.82, 2.24) is 24.4 Å². The number of aliphatic hydroxyl groups is 1. The number of carbonyl (C=O) groups is 1. The first-order chi connectivity index (χ1) is 19.9. The van der Waals surface area contributed by atoms with Crippen molar-refractivity contribution in [2.45, 2.75) is 43.7 Å². The van der Waals surface area contributed by atoms with Crippen LogP contribution in [0.4, 0.5) is 5.69 Å². The van der Waals surface area contributed by atoms with Crippen molar-refractivity contribution in [3.05, 3.63) is 94.4 Å². The normalized spacial score (nSPS) is 19.6. The molecule has 4 aromatic rings. The number of carbonyl (C=O) groups excluding carboxylic acids is 1. The number of amides is 1. The summed E-state index contributed by atoms with van der Waals surface area (Å²) < 4.78 is 1.84. The van der Waals surface area contributed by atoms with E-state index in [1.165, 1.54) is 12.8 Å². The number of hydrogen-bond acceptors (Lipinski definition) is 6. The summed E-state index contributed by atoms with van der Waals surface area (Å²) in [6, 6.07) is 20.2. The molecule has 1 N–H and O–H groups in total. The molecule has 41 heavy (non-hydrogen) atoms. The molecule has 212 valence electrons. The number of fused-ring (bicyclic) bond motifs is 1. The first-order valence-electron chi connectivity index (χ1n) is 14.7. The number of hydrogen-bond donors (Lipinski definition) is 1. The zero-order valence-electron chi connectivity index (χ0n) is 23.1. The summed E-state index contributed by atoms with van der Waals surface area (Å²) in [7, 11) is 0. The van der Waals surface area contributed by atoms with Crippen molar-refractivity contribution in [2.75, 3.05) is 44.2 Å². The zero-order chi connectivity index (χ0) is 28.0. The number of piperazine rings is 1. The summed E-state index contributed by atoms with van der Waals surface area (Å²) in [5, 5.41) is 16.7. The highest BCUT2D eigenvalue weighted by Gasteiger charge is 2.35. The van der Waals surface area contributed by atoms with Crippen LogP contribution in [0.5, 0.6) is 0 Å². The molecule has 3 fully saturated rings. The first kappa shape index (κ1) is 26.4. The molecule has 9 heteroatoms. The van der Waals surface area contributed by atoms with E-state index in [0.717, 1.165) is 66.1 Å². The van der Waals surface area contributed by atoms with E-state index < -0.39 is 5.60 Å². The third kappa shape index (κ3) is 5.44. The molecule has 2 saturated heterocycles. The van der Waals surface area contributed by atoms with Gasteiger partial charge in [0.05, 0.1) is 11.3 Å². The molecule has 0 bridgehead atoms. The molecule has 7 rings (SSSR count). The van der Waals surface area contributed by atoms with Crippen LogP contribution in [0.3, 0.4) is 0 Å². The fraction of sp³-hybridized carbons (Fsp3) is 0.406. The van der Waals surface area contributed by atoms with Gasteiger partial charge in [0.2, 0.25) is 0 Å². The second kappa shape index (κ2) is 10.7. The molecule has 2 aromatic carbocycles. The zero-order valence-corrected chi connectivity index (χ0v) is 23.9. The molecule has 0 atom stereocenters. The van der Waals surface area contributed by atoms with E-state index in [1.807, 2.05) is 70.2 Å². The second-order valence-corrected chi connectivity index (χ2v) is 12.1. The number of halogens is 1. The highest BCUT2D eigenvalue weighted by molar-refractivity contribution is 6.30. The maximum Gasteiger partial charge on any atom is 0.253 e. The molecule has 0 unspecified atom stereocenters. The standard InChI is InChI=1S/C32H35ClN6O2/c33-26-9-7-25(8-10-26)32(41)13-16-37(17-14-32)28-2-1-15-39-30(28)34-29(35-39)22-23-3-5-24(6-4-23)31(40)38-20-18-36(19-21-38)27-11-12-27/h1-10,15,27,41H,11-14,16-22H2. The van der Waals surface area contributed by atoms with Crippen molar-refractivity contribution in [2.24, 2.45) is 0 Å². The van der Waals surface area contributed by atoms with Gasteiger partial charge in [0.15, 0.2) is 11.5 Å². The van der Waals surface area contributed by atoms with E-state index in [-0.39, 0.29) is 5.91 Å². The molecule has 2 aliphatic heterocycles. The first-order valence-corrected chi connectivity index (χ1v) is 15.0. The molecule has 4 heterocycles. The number of benzene rings is 2. The number of piperidine rings is 1. The van der Waals surface area contributed by atoms with Gasteiger partial charge in [-0.3, -0.25) is 9.69 Å². The van der Waals surface area contributed by atoms with Gasteiger partial charge in [-0.15, -0.1) is 0 Å². The van der Waals surface area contributed by atoms with Gasteiger partial charge in [-0.25, -0.2) is 9.50 Å². The predicted molar refractivity (Wildman–Crippen MR) is 160 cm³/mol. The fourth-order valence-corrected chi connectivity index (χ4v) is 6.41. The molecule has 1 aliphatic carbocycles. The van der Waals surface area contributed by atoms with Crippen LogP contribution in [0, 0.1) is 0 Å². The number of anilines is 1. The van der Waals surface area contributed by atoms with Gasteiger partial charge < -0.3 is 14.9 Å². The summed E-state index contributed by atoms with van der Waals surface area (Å²) in [6.07, 6.45) is 6.38. The lowest BCUT2D eigenvalue weighted by Gasteiger charge is -2.39. The van der Waals surface area contributed by atoms with Gasteiger partial charge in [-0.1, -0.05) is 35.9 Å². The summed E-state index contributed by atoms with van der Waals surface area (Å²) in [5.41, 5.74) is 3.70. The number of rotatable bonds is 6. The van der Waals surface area contributed by atoms with Crippen LogP contribution >= 0.6 is 11.6 Å². The van der Waals surface area contributed by atoms with E-state index in [9.17, 15) is 9.90 Å². The Morgan fingerprint density at radius 2 is 1.63 bits per heavy atom. The van der Waals surface area contributed by atoms with Crippen LogP contribution < -0.4 is 4.90 Å². The maximum absolute atomic E-state index is 13.1. The Bertz CT molecular complexity index is 1530. The van der Waals surface area contributed by atoms with Crippen LogP contribution in [0.2, 0.25) is 5.02 Å². The Kier molecular flexibility index (Phi) is 6.93. The van der Waals surface area contributed by atoms with Crippen molar-refractivity contribution in [3.63, 3.8) is 0 Å². The highest BCUT2D eigenvalue weighted by Crippen LogP contribution is 2.36. The van der Waals surface area contributed by atoms with Crippen LogP contribution in [0.15, 0.2) is 66.9 Å². The van der Waals surface area contributed by atoms with Gasteiger partial charge >= 0.3 is 0 Å². The SMILES string of the molecule is O=C(c1ccc(Cc2nc3c(N4CCC(O)(c5ccc(Cl)cc5)CC4)cccn3n2)cc1)N1CCN(C2CC2)CC1. The topological polar surface area (TPSA) is 77.2 Å². The van der Waals surface area contributed by atoms with E-state index in [4.69, 9.17) is 21.7 Å². The van der Waals surface area contributed by atoms with E-state index in [2.05, 4.69) is 15.9 Å². The lowest BCUT2D eigenvalue weighted by Crippen LogP contribution is -2.49. The molecule has 0 spiro atoms. The molecule has 1 amide bonds. The lowest BCUT2D eigenvalue weighted by molar-refractivity contribution is 0.0118. The number of aromatic nitrogens is 3. The maximum atomic E-state index is 13.1. The Morgan fingerprint density at radius 1 is 0.927 bits per heavy atom.